The first kappa shape index (κ1) is 12.8. The van der Waals surface area contributed by atoms with Crippen molar-refractivity contribution in [2.75, 3.05) is 7.11 Å². The van der Waals surface area contributed by atoms with Gasteiger partial charge in [-0.15, -0.1) is 0 Å². The summed E-state index contributed by atoms with van der Waals surface area (Å²) in [6.45, 7) is 1.96. The Morgan fingerprint density at radius 1 is 1.31 bits per heavy atom. The topological polar surface area (TPSA) is 26.3 Å². The van der Waals surface area contributed by atoms with Crippen LogP contribution in [0, 0.1) is 0 Å². The van der Waals surface area contributed by atoms with Crippen molar-refractivity contribution in [2.45, 2.75) is 19.8 Å². The minimum absolute atomic E-state index is 0.187. The van der Waals surface area contributed by atoms with Gasteiger partial charge in [-0.2, -0.15) is 0 Å². The lowest BCUT2D eigenvalue weighted by atomic mass is 10.0. The van der Waals surface area contributed by atoms with Gasteiger partial charge in [-0.3, -0.25) is 4.79 Å². The third-order valence-electron chi connectivity index (χ3n) is 2.39. The molecule has 1 aromatic carbocycles. The molecular weight excluding hydrogens is 224 g/mol. The van der Waals surface area contributed by atoms with Crippen molar-refractivity contribution in [1.82, 2.24) is 0 Å². The average Bonchev–Trinajstić information content (AvgIpc) is 2.31. The van der Waals surface area contributed by atoms with E-state index in [1.807, 2.05) is 37.3 Å². The lowest BCUT2D eigenvalue weighted by molar-refractivity contribution is -0.140. The minimum atomic E-state index is -0.187. The zero-order chi connectivity index (χ0) is 12.0. The molecule has 0 amide bonds. The van der Waals surface area contributed by atoms with Crippen LogP contribution in [0.5, 0.6) is 0 Å². The quantitative estimate of drug-likeness (QED) is 0.748. The number of allylic oxidation sites excluding steroid dienone is 2. The molecule has 0 heterocycles. The fourth-order valence-corrected chi connectivity index (χ4v) is 1.58. The van der Waals surface area contributed by atoms with E-state index in [1.54, 1.807) is 0 Å². The molecular formula is C13H15ClO2. The summed E-state index contributed by atoms with van der Waals surface area (Å²) >= 11 is 5.82. The number of rotatable bonds is 4. The van der Waals surface area contributed by atoms with E-state index in [0.717, 1.165) is 11.1 Å². The standard InChI is InChI=1S/C13H15ClO2/c1-3-10(6-9-13(15)16-2)11-4-7-12(14)8-5-11/h3-5,7-8H,6,9H2,1-2H3/b10-3-. The van der Waals surface area contributed by atoms with Gasteiger partial charge in [-0.1, -0.05) is 29.8 Å². The minimum Gasteiger partial charge on any atom is -0.469 e. The Balaban J connectivity index is 2.69. The molecule has 0 atom stereocenters. The van der Waals surface area contributed by atoms with Gasteiger partial charge in [0.2, 0.25) is 0 Å². The highest BCUT2D eigenvalue weighted by atomic mass is 35.5. The van der Waals surface area contributed by atoms with Crippen LogP contribution < -0.4 is 0 Å². The van der Waals surface area contributed by atoms with Gasteiger partial charge in [0, 0.05) is 11.4 Å². The normalized spacial score (nSPS) is 11.3. The summed E-state index contributed by atoms with van der Waals surface area (Å²) in [7, 11) is 1.40. The Labute approximate surface area is 101 Å². The molecule has 0 radical (unpaired) electrons. The lowest BCUT2D eigenvalue weighted by Crippen LogP contribution is -2.00. The molecule has 0 aromatic heterocycles. The molecule has 0 aliphatic carbocycles. The molecule has 0 saturated carbocycles. The molecule has 0 bridgehead atoms. The third-order valence-corrected chi connectivity index (χ3v) is 2.64. The first-order valence-corrected chi connectivity index (χ1v) is 5.53. The fraction of sp³-hybridized carbons (Fsp3) is 0.308. The molecule has 0 aliphatic rings. The molecule has 0 aliphatic heterocycles. The van der Waals surface area contributed by atoms with Crippen molar-refractivity contribution in [2.24, 2.45) is 0 Å². The Morgan fingerprint density at radius 3 is 2.44 bits per heavy atom. The van der Waals surface area contributed by atoms with E-state index in [1.165, 1.54) is 7.11 Å². The van der Waals surface area contributed by atoms with Gasteiger partial charge in [-0.05, 0) is 36.6 Å². The van der Waals surface area contributed by atoms with Crippen LogP contribution in [0.15, 0.2) is 30.3 Å². The summed E-state index contributed by atoms with van der Waals surface area (Å²) in [6, 6.07) is 7.60. The summed E-state index contributed by atoms with van der Waals surface area (Å²) in [5, 5.41) is 0.715. The van der Waals surface area contributed by atoms with Crippen LogP contribution in [0.1, 0.15) is 25.3 Å². The summed E-state index contributed by atoms with van der Waals surface area (Å²) in [4.78, 5) is 11.0. The highest BCUT2D eigenvalue weighted by Gasteiger charge is 2.05. The number of esters is 1. The summed E-state index contributed by atoms with van der Waals surface area (Å²) in [5.74, 6) is -0.187. The average molecular weight is 239 g/mol. The van der Waals surface area contributed by atoms with Crippen LogP contribution in [-0.4, -0.2) is 13.1 Å². The van der Waals surface area contributed by atoms with Gasteiger partial charge in [-0.25, -0.2) is 0 Å². The Hall–Kier alpha value is -1.28. The first-order valence-electron chi connectivity index (χ1n) is 5.15. The molecule has 0 spiro atoms. The summed E-state index contributed by atoms with van der Waals surface area (Å²) in [5.41, 5.74) is 2.22. The highest BCUT2D eigenvalue weighted by Crippen LogP contribution is 2.21. The van der Waals surface area contributed by atoms with E-state index >= 15 is 0 Å². The molecule has 3 heteroatoms. The Kier molecular flexibility index (Phi) is 5.06. The largest absolute Gasteiger partial charge is 0.469 e. The maximum Gasteiger partial charge on any atom is 0.305 e. The molecule has 0 N–H and O–H groups in total. The number of carbonyl (C=O) groups is 1. The van der Waals surface area contributed by atoms with Gasteiger partial charge in [0.25, 0.3) is 0 Å². The van der Waals surface area contributed by atoms with E-state index in [2.05, 4.69) is 4.74 Å². The zero-order valence-electron chi connectivity index (χ0n) is 9.50. The monoisotopic (exact) mass is 238 g/mol. The van der Waals surface area contributed by atoms with Crippen molar-refractivity contribution in [1.29, 1.82) is 0 Å². The number of methoxy groups -OCH3 is 1. The molecule has 0 fully saturated rings. The lowest BCUT2D eigenvalue weighted by Gasteiger charge is -2.06. The number of benzene rings is 1. The van der Waals surface area contributed by atoms with E-state index < -0.39 is 0 Å². The van der Waals surface area contributed by atoms with E-state index in [-0.39, 0.29) is 5.97 Å². The maximum atomic E-state index is 11.0. The van der Waals surface area contributed by atoms with Crippen molar-refractivity contribution in [3.63, 3.8) is 0 Å². The van der Waals surface area contributed by atoms with Crippen LogP contribution in [-0.2, 0) is 9.53 Å². The van der Waals surface area contributed by atoms with Crippen molar-refractivity contribution >= 4 is 23.1 Å². The molecule has 0 saturated heterocycles. The Bertz CT molecular complexity index is 379. The van der Waals surface area contributed by atoms with Crippen molar-refractivity contribution in [3.05, 3.63) is 40.9 Å². The molecule has 1 rings (SSSR count). The van der Waals surface area contributed by atoms with Gasteiger partial charge in [0.1, 0.15) is 0 Å². The number of halogens is 1. The third kappa shape index (κ3) is 3.70. The van der Waals surface area contributed by atoms with Crippen molar-refractivity contribution in [3.8, 4) is 0 Å². The van der Waals surface area contributed by atoms with Gasteiger partial charge in [0.05, 0.1) is 7.11 Å². The molecule has 86 valence electrons. The number of hydrogen-bond acceptors (Lipinski definition) is 2. The van der Waals surface area contributed by atoms with Crippen LogP contribution in [0.4, 0.5) is 0 Å². The molecule has 1 aromatic rings. The second-order valence-corrected chi connectivity index (χ2v) is 3.83. The number of carbonyl (C=O) groups excluding carboxylic acids is 1. The van der Waals surface area contributed by atoms with Crippen molar-refractivity contribution < 1.29 is 9.53 Å². The van der Waals surface area contributed by atoms with Crippen LogP contribution >= 0.6 is 11.6 Å². The molecule has 0 unspecified atom stereocenters. The zero-order valence-corrected chi connectivity index (χ0v) is 10.3. The second-order valence-electron chi connectivity index (χ2n) is 3.40. The highest BCUT2D eigenvalue weighted by molar-refractivity contribution is 6.30. The van der Waals surface area contributed by atoms with Crippen LogP contribution in [0.3, 0.4) is 0 Å². The molecule has 16 heavy (non-hydrogen) atoms. The Morgan fingerprint density at radius 2 is 1.94 bits per heavy atom. The predicted octanol–water partition coefficient (Wildman–Crippen LogP) is 3.70. The van der Waals surface area contributed by atoms with Gasteiger partial charge >= 0.3 is 5.97 Å². The van der Waals surface area contributed by atoms with E-state index in [9.17, 15) is 4.79 Å². The summed E-state index contributed by atoms with van der Waals surface area (Å²) in [6.07, 6.45) is 3.09. The maximum absolute atomic E-state index is 11.0. The predicted molar refractivity (Wildman–Crippen MR) is 66.4 cm³/mol. The van der Waals surface area contributed by atoms with E-state index in [0.29, 0.717) is 17.9 Å². The summed E-state index contributed by atoms with van der Waals surface area (Å²) < 4.78 is 4.61. The molecule has 2 nitrogen and oxygen atoms in total. The second kappa shape index (κ2) is 6.33. The fourth-order valence-electron chi connectivity index (χ4n) is 1.46. The number of hydrogen-bond donors (Lipinski definition) is 0. The number of ether oxygens (including phenoxy) is 1. The smallest absolute Gasteiger partial charge is 0.305 e. The van der Waals surface area contributed by atoms with Crippen LogP contribution in [0.25, 0.3) is 5.57 Å². The van der Waals surface area contributed by atoms with Gasteiger partial charge < -0.3 is 4.74 Å². The van der Waals surface area contributed by atoms with Gasteiger partial charge in [0.15, 0.2) is 0 Å². The SMILES string of the molecule is C/C=C(/CCC(=O)OC)c1ccc(Cl)cc1. The first-order chi connectivity index (χ1) is 7.67. The van der Waals surface area contributed by atoms with E-state index in [4.69, 9.17) is 11.6 Å². The van der Waals surface area contributed by atoms with Crippen LogP contribution in [0.2, 0.25) is 5.02 Å².